The Morgan fingerprint density at radius 3 is 2.38 bits per heavy atom. The molecule has 1 saturated heterocycles. The summed E-state index contributed by atoms with van der Waals surface area (Å²) in [5, 5.41) is 16.2. The Morgan fingerprint density at radius 1 is 0.936 bits per heavy atom. The SMILES string of the molecule is COc1cc(CC(=O)N(C)c2ccc(C3CN(C(=O)c4ccccc4)CC3C(=O)O)cc2)ccc1NC(=O)C1CNc2ccccc21. The van der Waals surface area contributed by atoms with E-state index in [1.807, 2.05) is 42.5 Å². The van der Waals surface area contributed by atoms with Crippen LogP contribution in [0.3, 0.4) is 0 Å². The second kappa shape index (κ2) is 13.4. The fourth-order valence-electron chi connectivity index (χ4n) is 6.39. The Hall–Kier alpha value is -5.64. The summed E-state index contributed by atoms with van der Waals surface area (Å²) < 4.78 is 5.56. The van der Waals surface area contributed by atoms with Gasteiger partial charge in [0.2, 0.25) is 11.8 Å². The lowest BCUT2D eigenvalue weighted by Crippen LogP contribution is -2.29. The van der Waals surface area contributed by atoms with Crippen molar-refractivity contribution in [2.75, 3.05) is 49.3 Å². The van der Waals surface area contributed by atoms with Gasteiger partial charge >= 0.3 is 5.97 Å². The quantitative estimate of drug-likeness (QED) is 0.237. The van der Waals surface area contributed by atoms with Gasteiger partial charge in [-0.3, -0.25) is 19.2 Å². The van der Waals surface area contributed by atoms with Gasteiger partial charge in [0.25, 0.3) is 5.91 Å². The van der Waals surface area contributed by atoms with Crippen molar-refractivity contribution in [2.24, 2.45) is 5.92 Å². The van der Waals surface area contributed by atoms with Crippen molar-refractivity contribution in [3.63, 3.8) is 0 Å². The summed E-state index contributed by atoms with van der Waals surface area (Å²) in [5.74, 6) is -2.41. The van der Waals surface area contributed by atoms with E-state index in [2.05, 4.69) is 10.6 Å². The van der Waals surface area contributed by atoms with Crippen LogP contribution in [0, 0.1) is 5.92 Å². The molecule has 0 saturated carbocycles. The number of fused-ring (bicyclic) bond motifs is 1. The molecule has 2 aliphatic rings. The summed E-state index contributed by atoms with van der Waals surface area (Å²) in [6.07, 6.45) is 0.100. The van der Waals surface area contributed by atoms with Gasteiger partial charge in [-0.2, -0.15) is 0 Å². The zero-order chi connectivity index (χ0) is 33.1. The van der Waals surface area contributed by atoms with Gasteiger partial charge in [0.15, 0.2) is 0 Å². The molecule has 0 radical (unpaired) electrons. The van der Waals surface area contributed by atoms with Gasteiger partial charge in [-0.1, -0.05) is 54.6 Å². The summed E-state index contributed by atoms with van der Waals surface area (Å²) in [5.41, 5.74) is 5.13. The number of hydrogen-bond acceptors (Lipinski definition) is 6. The number of benzene rings is 4. The average molecular weight is 633 g/mol. The minimum atomic E-state index is -0.948. The number of ether oxygens (including phenoxy) is 1. The van der Waals surface area contributed by atoms with Gasteiger partial charge in [-0.05, 0) is 59.2 Å². The highest BCUT2D eigenvalue weighted by Gasteiger charge is 2.40. The normalized spacial score (nSPS) is 18.2. The first-order valence-electron chi connectivity index (χ1n) is 15.5. The number of likely N-dealkylation sites (tertiary alicyclic amines) is 1. The minimum absolute atomic E-state index is 0.100. The number of likely N-dealkylation sites (N-methyl/N-ethyl adjacent to an activating group) is 1. The predicted octanol–water partition coefficient (Wildman–Crippen LogP) is 4.99. The van der Waals surface area contributed by atoms with Crippen molar-refractivity contribution in [1.29, 1.82) is 0 Å². The number of nitrogens with one attached hydrogen (secondary N) is 2. The van der Waals surface area contributed by atoms with Gasteiger partial charge in [0, 0.05) is 49.5 Å². The molecule has 10 nitrogen and oxygen atoms in total. The standard InChI is InChI=1S/C37H36N4O6/c1-40(26-15-13-24(14-16-26)29-21-41(22-30(29)37(45)46)36(44)25-8-4-3-5-9-25)34(42)19-23-12-17-32(33(18-23)47-2)39-35(43)28-20-38-31-11-7-6-10-27(28)31/h3-18,28-30,38H,19-22H2,1-2H3,(H,39,43)(H,45,46). The lowest BCUT2D eigenvalue weighted by molar-refractivity contribution is -0.141. The first kappa shape index (κ1) is 31.3. The molecular weight excluding hydrogens is 596 g/mol. The third-order valence-electron chi connectivity index (χ3n) is 9.06. The maximum absolute atomic E-state index is 13.3. The van der Waals surface area contributed by atoms with Gasteiger partial charge in [-0.15, -0.1) is 0 Å². The Balaban J connectivity index is 1.10. The second-order valence-corrected chi connectivity index (χ2v) is 11.9. The van der Waals surface area contributed by atoms with E-state index >= 15 is 0 Å². The molecule has 6 rings (SSSR count). The van der Waals surface area contributed by atoms with E-state index in [1.54, 1.807) is 71.4 Å². The third kappa shape index (κ3) is 6.53. The monoisotopic (exact) mass is 632 g/mol. The molecule has 0 spiro atoms. The van der Waals surface area contributed by atoms with E-state index in [9.17, 15) is 24.3 Å². The number of carbonyl (C=O) groups excluding carboxylic acids is 3. The van der Waals surface area contributed by atoms with Gasteiger partial charge in [0.1, 0.15) is 5.75 Å². The molecule has 1 fully saturated rings. The van der Waals surface area contributed by atoms with Crippen LogP contribution in [0.25, 0.3) is 0 Å². The number of methoxy groups -OCH3 is 1. The van der Waals surface area contributed by atoms with E-state index in [4.69, 9.17) is 4.74 Å². The molecule has 4 aromatic rings. The molecule has 2 aliphatic heterocycles. The fraction of sp³-hybridized carbons (Fsp3) is 0.243. The second-order valence-electron chi connectivity index (χ2n) is 11.9. The number of para-hydroxylation sites is 1. The van der Waals surface area contributed by atoms with Crippen LogP contribution in [0.1, 0.15) is 38.9 Å². The van der Waals surface area contributed by atoms with E-state index in [-0.39, 0.29) is 42.5 Å². The zero-order valence-corrected chi connectivity index (χ0v) is 26.2. The van der Waals surface area contributed by atoms with Gasteiger partial charge in [0.05, 0.1) is 31.1 Å². The molecule has 4 aromatic carbocycles. The maximum atomic E-state index is 13.3. The molecule has 2 heterocycles. The van der Waals surface area contributed by atoms with Gasteiger partial charge in [-0.25, -0.2) is 0 Å². The zero-order valence-electron chi connectivity index (χ0n) is 26.2. The number of carbonyl (C=O) groups is 4. The highest BCUT2D eigenvalue weighted by molar-refractivity contribution is 6.00. The summed E-state index contributed by atoms with van der Waals surface area (Å²) in [6, 6.07) is 29.1. The molecule has 3 unspecified atom stereocenters. The summed E-state index contributed by atoms with van der Waals surface area (Å²) >= 11 is 0. The molecule has 3 atom stereocenters. The van der Waals surface area contributed by atoms with E-state index in [0.717, 1.165) is 22.4 Å². The minimum Gasteiger partial charge on any atom is -0.495 e. The van der Waals surface area contributed by atoms with Crippen molar-refractivity contribution in [1.82, 2.24) is 4.90 Å². The average Bonchev–Trinajstić information content (AvgIpc) is 3.74. The number of anilines is 3. The number of nitrogens with zero attached hydrogens (tertiary/aromatic N) is 2. The Labute approximate surface area is 273 Å². The van der Waals surface area contributed by atoms with Crippen LogP contribution in [0.2, 0.25) is 0 Å². The Bertz CT molecular complexity index is 1810. The fourth-order valence-corrected chi connectivity index (χ4v) is 6.39. The van der Waals surface area contributed by atoms with Gasteiger partial charge < -0.3 is 30.3 Å². The molecule has 3 amide bonds. The Morgan fingerprint density at radius 2 is 1.66 bits per heavy atom. The third-order valence-corrected chi connectivity index (χ3v) is 9.06. The number of hydrogen-bond donors (Lipinski definition) is 3. The number of rotatable bonds is 9. The maximum Gasteiger partial charge on any atom is 0.308 e. The highest BCUT2D eigenvalue weighted by Crippen LogP contribution is 2.36. The van der Waals surface area contributed by atoms with E-state index < -0.39 is 11.9 Å². The van der Waals surface area contributed by atoms with Crippen LogP contribution >= 0.6 is 0 Å². The molecule has 10 heteroatoms. The van der Waals surface area contributed by atoms with Crippen LogP contribution < -0.4 is 20.3 Å². The number of amides is 3. The number of carboxylic acid groups (broad SMARTS) is 1. The Kier molecular flexibility index (Phi) is 8.92. The molecular formula is C37H36N4O6. The van der Waals surface area contributed by atoms with Crippen molar-refractivity contribution < 1.29 is 29.0 Å². The number of aliphatic carboxylic acids is 1. The van der Waals surface area contributed by atoms with E-state index in [0.29, 0.717) is 35.8 Å². The van der Waals surface area contributed by atoms with E-state index in [1.165, 1.54) is 7.11 Å². The lowest BCUT2D eigenvalue weighted by atomic mass is 9.89. The van der Waals surface area contributed by atoms with Crippen LogP contribution in [-0.4, -0.2) is 67.5 Å². The lowest BCUT2D eigenvalue weighted by Gasteiger charge is -2.20. The van der Waals surface area contributed by atoms with Crippen molar-refractivity contribution in [2.45, 2.75) is 18.3 Å². The smallest absolute Gasteiger partial charge is 0.308 e. The molecule has 47 heavy (non-hydrogen) atoms. The van der Waals surface area contributed by atoms with Crippen LogP contribution in [0.4, 0.5) is 17.1 Å². The van der Waals surface area contributed by atoms with Crippen LogP contribution in [0.5, 0.6) is 5.75 Å². The van der Waals surface area contributed by atoms with Crippen molar-refractivity contribution in [3.8, 4) is 5.75 Å². The molecule has 3 N–H and O–H groups in total. The molecule has 0 bridgehead atoms. The van der Waals surface area contributed by atoms with Crippen LogP contribution in [-0.2, 0) is 20.8 Å². The molecule has 240 valence electrons. The first-order valence-corrected chi connectivity index (χ1v) is 15.5. The topological polar surface area (TPSA) is 128 Å². The summed E-state index contributed by atoms with van der Waals surface area (Å²) in [6.45, 7) is 0.939. The molecule has 0 aliphatic carbocycles. The predicted molar refractivity (Wildman–Crippen MR) is 179 cm³/mol. The summed E-state index contributed by atoms with van der Waals surface area (Å²) in [4.78, 5) is 54.7. The van der Waals surface area contributed by atoms with Crippen molar-refractivity contribution in [3.05, 3.63) is 119 Å². The largest absolute Gasteiger partial charge is 0.495 e. The first-order chi connectivity index (χ1) is 22.7. The van der Waals surface area contributed by atoms with Crippen LogP contribution in [0.15, 0.2) is 97.1 Å². The highest BCUT2D eigenvalue weighted by atomic mass is 16.5. The van der Waals surface area contributed by atoms with Crippen molar-refractivity contribution >= 4 is 40.8 Å². The number of carboxylic acids is 1. The summed E-state index contributed by atoms with van der Waals surface area (Å²) in [7, 11) is 3.21. The molecule has 0 aromatic heterocycles.